The molecule has 0 saturated carbocycles. The monoisotopic (exact) mass is 258 g/mol. The molecule has 0 unspecified atom stereocenters. The van der Waals surface area contributed by atoms with Gasteiger partial charge in [-0.15, -0.1) is 0 Å². The van der Waals surface area contributed by atoms with Gasteiger partial charge in [-0.25, -0.2) is 9.97 Å². The Morgan fingerprint density at radius 2 is 2.05 bits per heavy atom. The number of fused-ring (bicyclic) bond motifs is 1. The van der Waals surface area contributed by atoms with Crippen LogP contribution in [0.1, 0.15) is 30.3 Å². The number of aromatic nitrogens is 2. The zero-order chi connectivity index (χ0) is 13.8. The average Bonchev–Trinajstić information content (AvgIpc) is 2.42. The van der Waals surface area contributed by atoms with Crippen LogP contribution in [0.4, 0.5) is 5.95 Å². The van der Waals surface area contributed by atoms with E-state index in [9.17, 15) is 4.79 Å². The maximum absolute atomic E-state index is 12.4. The topological polar surface area (TPSA) is 72.1 Å². The zero-order valence-corrected chi connectivity index (χ0v) is 11.3. The Morgan fingerprint density at radius 3 is 2.79 bits per heavy atom. The molecule has 0 aliphatic rings. The van der Waals surface area contributed by atoms with Crippen LogP contribution < -0.4 is 5.73 Å². The van der Waals surface area contributed by atoms with Crippen LogP contribution in [0.15, 0.2) is 24.3 Å². The van der Waals surface area contributed by atoms with E-state index in [1.165, 1.54) is 0 Å². The van der Waals surface area contributed by atoms with Crippen molar-refractivity contribution in [2.45, 2.75) is 19.8 Å². The fraction of sp³-hybridized carbons (Fsp3) is 0.357. The predicted octanol–water partition coefficient (Wildman–Crippen LogP) is 2.08. The summed E-state index contributed by atoms with van der Waals surface area (Å²) in [6, 6.07) is 7.40. The molecule has 1 amide bonds. The highest BCUT2D eigenvalue weighted by Gasteiger charge is 2.17. The van der Waals surface area contributed by atoms with Crippen LogP contribution in [-0.2, 0) is 0 Å². The van der Waals surface area contributed by atoms with Crippen molar-refractivity contribution in [3.8, 4) is 0 Å². The van der Waals surface area contributed by atoms with Crippen LogP contribution in [0.3, 0.4) is 0 Å². The third kappa shape index (κ3) is 2.81. The molecule has 2 rings (SSSR count). The molecule has 0 aliphatic heterocycles. The van der Waals surface area contributed by atoms with E-state index in [1.807, 2.05) is 24.3 Å². The minimum absolute atomic E-state index is 0.112. The first-order chi connectivity index (χ1) is 9.13. The molecule has 1 aromatic carbocycles. The zero-order valence-electron chi connectivity index (χ0n) is 11.3. The summed E-state index contributed by atoms with van der Waals surface area (Å²) in [5.41, 5.74) is 6.74. The van der Waals surface area contributed by atoms with Gasteiger partial charge in [-0.05, 0) is 12.5 Å². The van der Waals surface area contributed by atoms with Crippen LogP contribution in [-0.4, -0.2) is 34.4 Å². The molecule has 0 atom stereocenters. The average molecular weight is 258 g/mol. The van der Waals surface area contributed by atoms with Crippen LogP contribution in [0.25, 0.3) is 10.9 Å². The molecule has 19 heavy (non-hydrogen) atoms. The predicted molar refractivity (Wildman–Crippen MR) is 75.8 cm³/mol. The Hall–Kier alpha value is -2.17. The van der Waals surface area contributed by atoms with E-state index in [4.69, 9.17) is 5.73 Å². The lowest BCUT2D eigenvalue weighted by Gasteiger charge is -2.17. The second-order valence-corrected chi connectivity index (χ2v) is 4.53. The van der Waals surface area contributed by atoms with Gasteiger partial charge < -0.3 is 10.6 Å². The Kier molecular flexibility index (Phi) is 3.94. The van der Waals surface area contributed by atoms with Gasteiger partial charge in [-0.3, -0.25) is 4.79 Å². The van der Waals surface area contributed by atoms with Gasteiger partial charge in [-0.2, -0.15) is 0 Å². The molecule has 1 heterocycles. The molecular formula is C14H18N4O. The summed E-state index contributed by atoms with van der Waals surface area (Å²) in [6.45, 7) is 2.81. The van der Waals surface area contributed by atoms with Gasteiger partial charge >= 0.3 is 0 Å². The highest BCUT2D eigenvalue weighted by molar-refractivity contribution is 6.04. The largest absolute Gasteiger partial charge is 0.368 e. The van der Waals surface area contributed by atoms with Crippen LogP contribution >= 0.6 is 0 Å². The lowest BCUT2D eigenvalue weighted by atomic mass is 10.1. The molecular weight excluding hydrogens is 240 g/mol. The Labute approximate surface area is 112 Å². The van der Waals surface area contributed by atoms with Gasteiger partial charge in [0.05, 0.1) is 5.52 Å². The number of carbonyl (C=O) groups is 1. The Morgan fingerprint density at radius 1 is 1.32 bits per heavy atom. The number of hydrogen-bond acceptors (Lipinski definition) is 4. The number of nitrogens with two attached hydrogens (primary N) is 1. The van der Waals surface area contributed by atoms with Crippen molar-refractivity contribution in [3.63, 3.8) is 0 Å². The van der Waals surface area contributed by atoms with Crippen molar-refractivity contribution >= 4 is 22.8 Å². The number of amides is 1. The molecule has 5 heteroatoms. The first kappa shape index (κ1) is 13.3. The number of hydrogen-bond donors (Lipinski definition) is 1. The summed E-state index contributed by atoms with van der Waals surface area (Å²) in [7, 11) is 1.78. The second-order valence-electron chi connectivity index (χ2n) is 4.53. The standard InChI is InChI=1S/C14H18N4O/c1-3-4-9-18(2)13(19)12-10-7-5-6-8-11(10)16-14(15)17-12/h5-8H,3-4,9H2,1-2H3,(H2,15,16,17). The highest BCUT2D eigenvalue weighted by Crippen LogP contribution is 2.17. The minimum Gasteiger partial charge on any atom is -0.368 e. The summed E-state index contributed by atoms with van der Waals surface area (Å²) in [4.78, 5) is 22.3. The highest BCUT2D eigenvalue weighted by atomic mass is 16.2. The van der Waals surface area contributed by atoms with Crippen molar-refractivity contribution < 1.29 is 4.79 Å². The molecule has 5 nitrogen and oxygen atoms in total. The van der Waals surface area contributed by atoms with Crippen molar-refractivity contribution in [1.82, 2.24) is 14.9 Å². The summed E-state index contributed by atoms with van der Waals surface area (Å²) in [5.74, 6) is 0.0182. The first-order valence-electron chi connectivity index (χ1n) is 6.41. The third-order valence-corrected chi connectivity index (χ3v) is 3.02. The summed E-state index contributed by atoms with van der Waals surface area (Å²) in [5, 5.41) is 0.741. The smallest absolute Gasteiger partial charge is 0.273 e. The van der Waals surface area contributed by atoms with Gasteiger partial charge in [0.2, 0.25) is 5.95 Å². The van der Waals surface area contributed by atoms with E-state index in [-0.39, 0.29) is 11.9 Å². The molecule has 0 radical (unpaired) electrons. The van der Waals surface area contributed by atoms with Crippen LogP contribution in [0, 0.1) is 0 Å². The molecule has 100 valence electrons. The SMILES string of the molecule is CCCCN(C)C(=O)c1nc(N)nc2ccccc12. The van der Waals surface area contributed by atoms with Crippen molar-refractivity contribution in [2.24, 2.45) is 0 Å². The van der Waals surface area contributed by atoms with E-state index in [0.29, 0.717) is 17.8 Å². The third-order valence-electron chi connectivity index (χ3n) is 3.02. The number of rotatable bonds is 4. The van der Waals surface area contributed by atoms with Crippen LogP contribution in [0.2, 0.25) is 0 Å². The van der Waals surface area contributed by atoms with Gasteiger partial charge in [0.1, 0.15) is 5.69 Å². The lowest BCUT2D eigenvalue weighted by molar-refractivity contribution is 0.0789. The van der Waals surface area contributed by atoms with Gasteiger partial charge in [0.15, 0.2) is 0 Å². The fourth-order valence-corrected chi connectivity index (χ4v) is 1.94. The van der Waals surface area contributed by atoms with E-state index in [1.54, 1.807) is 11.9 Å². The fourth-order valence-electron chi connectivity index (χ4n) is 1.94. The number of nitrogens with zero attached hydrogens (tertiary/aromatic N) is 3. The molecule has 1 aromatic heterocycles. The lowest BCUT2D eigenvalue weighted by Crippen LogP contribution is -2.29. The molecule has 0 fully saturated rings. The van der Waals surface area contributed by atoms with E-state index >= 15 is 0 Å². The number of nitrogen functional groups attached to an aromatic ring is 1. The van der Waals surface area contributed by atoms with Crippen molar-refractivity contribution in [3.05, 3.63) is 30.0 Å². The van der Waals surface area contributed by atoms with Gasteiger partial charge in [-0.1, -0.05) is 31.5 Å². The molecule has 2 N–H and O–H groups in total. The van der Waals surface area contributed by atoms with Crippen LogP contribution in [0.5, 0.6) is 0 Å². The molecule has 2 aromatic rings. The molecule has 0 bridgehead atoms. The number of benzene rings is 1. The van der Waals surface area contributed by atoms with Crippen molar-refractivity contribution in [1.29, 1.82) is 0 Å². The van der Waals surface area contributed by atoms with E-state index in [2.05, 4.69) is 16.9 Å². The molecule has 0 saturated heterocycles. The summed E-state index contributed by atoms with van der Waals surface area (Å²) >= 11 is 0. The quantitative estimate of drug-likeness (QED) is 0.911. The Balaban J connectivity index is 2.41. The molecule has 0 spiro atoms. The number of anilines is 1. The normalized spacial score (nSPS) is 10.6. The maximum atomic E-state index is 12.4. The molecule has 0 aliphatic carbocycles. The second kappa shape index (κ2) is 5.65. The van der Waals surface area contributed by atoms with Crippen molar-refractivity contribution in [2.75, 3.05) is 19.3 Å². The van der Waals surface area contributed by atoms with Gasteiger partial charge in [0.25, 0.3) is 5.91 Å². The summed E-state index contributed by atoms with van der Waals surface area (Å²) < 4.78 is 0. The van der Waals surface area contributed by atoms with Gasteiger partial charge in [0, 0.05) is 19.0 Å². The summed E-state index contributed by atoms with van der Waals surface area (Å²) in [6.07, 6.45) is 2.02. The maximum Gasteiger partial charge on any atom is 0.273 e. The van der Waals surface area contributed by atoms with E-state index < -0.39 is 0 Å². The number of para-hydroxylation sites is 1. The Bertz CT molecular complexity index is 597. The first-order valence-corrected chi connectivity index (χ1v) is 6.41. The van der Waals surface area contributed by atoms with E-state index in [0.717, 1.165) is 18.2 Å². The number of unbranched alkanes of at least 4 members (excludes halogenated alkanes) is 1. The number of carbonyl (C=O) groups excluding carboxylic acids is 1. The minimum atomic E-state index is -0.112.